The number of amides is 3. The van der Waals surface area contributed by atoms with Gasteiger partial charge in [0.15, 0.2) is 0 Å². The molecule has 2 atom stereocenters. The summed E-state index contributed by atoms with van der Waals surface area (Å²) < 4.78 is 12.1. The molecular weight excluding hydrogens is 587 g/mol. The highest BCUT2D eigenvalue weighted by atomic mass is 35.5. The van der Waals surface area contributed by atoms with E-state index in [-0.39, 0.29) is 32.2 Å². The van der Waals surface area contributed by atoms with E-state index in [1.54, 1.807) is 24.3 Å². The van der Waals surface area contributed by atoms with Gasteiger partial charge in [0.05, 0.1) is 32.2 Å². The molecule has 3 amide bonds. The Morgan fingerprint density at radius 2 is 1.46 bits per heavy atom. The minimum Gasteiger partial charge on any atom is -0.326 e. The molecule has 1 saturated carbocycles. The summed E-state index contributed by atoms with van der Waals surface area (Å²) in [4.78, 5) is 37.2. The van der Waals surface area contributed by atoms with E-state index in [4.69, 9.17) is 58.0 Å². The molecule has 1 aliphatic carbocycles. The third-order valence-electron chi connectivity index (χ3n) is 5.68. The van der Waals surface area contributed by atoms with Gasteiger partial charge in [-0.15, -0.1) is 23.2 Å². The Hall–Kier alpha value is -2.55. The second-order valence-electron chi connectivity index (χ2n) is 8.29. The average Bonchev–Trinajstić information content (AvgIpc) is 3.40. The third-order valence-corrected chi connectivity index (χ3v) is 7.62. The lowest BCUT2D eigenvalue weighted by Gasteiger charge is -2.13. The van der Waals surface area contributed by atoms with Crippen LogP contribution in [0, 0.1) is 11.7 Å². The highest BCUT2D eigenvalue weighted by Crippen LogP contribution is 2.65. The molecule has 6 nitrogen and oxygen atoms in total. The van der Waals surface area contributed by atoms with Gasteiger partial charge in [0.2, 0.25) is 11.8 Å². The van der Waals surface area contributed by atoms with E-state index in [1.165, 1.54) is 37.3 Å². The van der Waals surface area contributed by atoms with E-state index < -0.39 is 33.8 Å². The van der Waals surface area contributed by atoms with Crippen LogP contribution >= 0.6 is 58.0 Å². The maximum atomic E-state index is 13.5. The summed E-state index contributed by atoms with van der Waals surface area (Å²) in [5.74, 6) is -3.53. The zero-order valence-corrected chi connectivity index (χ0v) is 22.6. The molecule has 37 heavy (non-hydrogen) atoms. The van der Waals surface area contributed by atoms with Crippen LogP contribution in [0.4, 0.5) is 21.5 Å². The fraction of sp³-hybridized carbons (Fsp3) is 0.160. The summed E-state index contributed by atoms with van der Waals surface area (Å²) in [6.07, 6.45) is 0. The molecule has 1 aliphatic rings. The molecule has 0 aliphatic heterocycles. The Labute approximate surface area is 236 Å². The molecule has 3 aromatic rings. The lowest BCUT2D eigenvalue weighted by molar-refractivity contribution is -0.117. The van der Waals surface area contributed by atoms with Crippen molar-refractivity contribution in [3.8, 4) is 0 Å². The van der Waals surface area contributed by atoms with Crippen LogP contribution in [0.2, 0.25) is 15.1 Å². The molecular formula is C25H17Cl5FN3O3. The predicted octanol–water partition coefficient (Wildman–Crippen LogP) is 7.52. The molecule has 0 heterocycles. The smallest absolute Gasteiger partial charge is 0.258 e. The van der Waals surface area contributed by atoms with E-state index in [0.29, 0.717) is 16.9 Å². The number of rotatable bonds is 6. The molecule has 0 saturated heterocycles. The van der Waals surface area contributed by atoms with Crippen molar-refractivity contribution >= 4 is 92.8 Å². The van der Waals surface area contributed by atoms with E-state index in [0.717, 1.165) is 0 Å². The van der Waals surface area contributed by atoms with Gasteiger partial charge in [-0.2, -0.15) is 0 Å². The number of nitrogens with one attached hydrogen (secondary N) is 3. The molecule has 3 aromatic carbocycles. The Balaban J connectivity index is 1.51. The number of anilines is 3. The molecule has 4 rings (SSSR count). The quantitative estimate of drug-likeness (QED) is 0.255. The van der Waals surface area contributed by atoms with Crippen molar-refractivity contribution in [2.75, 3.05) is 16.0 Å². The first-order valence-electron chi connectivity index (χ1n) is 10.7. The Kier molecular flexibility index (Phi) is 7.93. The van der Waals surface area contributed by atoms with Crippen LogP contribution < -0.4 is 16.0 Å². The van der Waals surface area contributed by atoms with E-state index in [1.807, 2.05) is 0 Å². The van der Waals surface area contributed by atoms with Crippen LogP contribution in [0.3, 0.4) is 0 Å². The highest BCUT2D eigenvalue weighted by Gasteiger charge is 2.67. The molecule has 0 aromatic heterocycles. The van der Waals surface area contributed by atoms with Gasteiger partial charge in [-0.3, -0.25) is 14.4 Å². The summed E-state index contributed by atoms with van der Waals surface area (Å²) in [6.45, 7) is 1.38. The molecule has 0 unspecified atom stereocenters. The lowest BCUT2D eigenvalue weighted by atomic mass is 10.1. The van der Waals surface area contributed by atoms with Gasteiger partial charge in [0.25, 0.3) is 5.91 Å². The maximum Gasteiger partial charge on any atom is 0.258 e. The summed E-state index contributed by atoms with van der Waals surface area (Å²) in [5, 5.41) is 7.78. The number of benzene rings is 3. The SMILES string of the molecule is CC(=O)Nc1ccc(NC(=O)c2c(Cl)ccc(NC(=O)[C@H]3[C@H](c4ccc(F)c(Cl)c4)C3(Cl)Cl)c2Cl)cc1. The van der Waals surface area contributed by atoms with Gasteiger partial charge in [-0.05, 0) is 54.1 Å². The van der Waals surface area contributed by atoms with Gasteiger partial charge < -0.3 is 16.0 Å². The van der Waals surface area contributed by atoms with E-state index in [2.05, 4.69) is 16.0 Å². The minimum absolute atomic E-state index is 0.0599. The predicted molar refractivity (Wildman–Crippen MR) is 146 cm³/mol. The van der Waals surface area contributed by atoms with Gasteiger partial charge in [0.1, 0.15) is 10.2 Å². The fourth-order valence-electron chi connectivity index (χ4n) is 3.87. The fourth-order valence-corrected chi connectivity index (χ4v) is 5.48. The summed E-state index contributed by atoms with van der Waals surface area (Å²) in [6, 6.07) is 13.3. The molecule has 0 spiro atoms. The van der Waals surface area contributed by atoms with Crippen molar-refractivity contribution in [2.45, 2.75) is 17.2 Å². The first-order chi connectivity index (χ1) is 17.4. The van der Waals surface area contributed by atoms with Crippen molar-refractivity contribution in [1.82, 2.24) is 0 Å². The number of carbonyl (C=O) groups excluding carboxylic acids is 3. The van der Waals surface area contributed by atoms with Crippen LogP contribution in [0.5, 0.6) is 0 Å². The van der Waals surface area contributed by atoms with Gasteiger partial charge >= 0.3 is 0 Å². The van der Waals surface area contributed by atoms with Crippen LogP contribution in [0.1, 0.15) is 28.8 Å². The molecule has 192 valence electrons. The monoisotopic (exact) mass is 601 g/mol. The van der Waals surface area contributed by atoms with Gasteiger partial charge in [-0.25, -0.2) is 4.39 Å². The normalized spacial score (nSPS) is 17.6. The van der Waals surface area contributed by atoms with Crippen LogP contribution in [0.15, 0.2) is 54.6 Å². The van der Waals surface area contributed by atoms with Gasteiger partial charge in [0, 0.05) is 24.2 Å². The van der Waals surface area contributed by atoms with Gasteiger partial charge in [-0.1, -0.05) is 40.9 Å². The largest absolute Gasteiger partial charge is 0.326 e. The maximum absolute atomic E-state index is 13.5. The Morgan fingerprint density at radius 1 is 0.838 bits per heavy atom. The summed E-state index contributed by atoms with van der Waals surface area (Å²) >= 11 is 31.3. The minimum atomic E-state index is -1.45. The highest BCUT2D eigenvalue weighted by molar-refractivity contribution is 6.53. The molecule has 12 heteroatoms. The molecule has 1 fully saturated rings. The second kappa shape index (κ2) is 10.7. The van der Waals surface area contributed by atoms with Crippen LogP contribution in [-0.4, -0.2) is 22.1 Å². The number of alkyl halides is 2. The topological polar surface area (TPSA) is 87.3 Å². The molecule has 0 radical (unpaired) electrons. The van der Waals surface area contributed by atoms with Crippen molar-refractivity contribution < 1.29 is 18.8 Å². The number of halogens is 6. The third kappa shape index (κ3) is 5.81. The zero-order valence-electron chi connectivity index (χ0n) is 18.8. The van der Waals surface area contributed by atoms with Crippen LogP contribution in [0.25, 0.3) is 0 Å². The lowest BCUT2D eigenvalue weighted by Crippen LogP contribution is -2.19. The number of hydrogen-bond acceptors (Lipinski definition) is 3. The summed E-state index contributed by atoms with van der Waals surface area (Å²) in [5.41, 5.74) is 1.54. The average molecular weight is 604 g/mol. The first-order valence-corrected chi connectivity index (χ1v) is 12.6. The Bertz CT molecular complexity index is 1420. The molecule has 0 bridgehead atoms. The number of carbonyl (C=O) groups is 3. The van der Waals surface area contributed by atoms with Crippen molar-refractivity contribution in [3.63, 3.8) is 0 Å². The molecule has 3 N–H and O–H groups in total. The first kappa shape index (κ1) is 27.5. The van der Waals surface area contributed by atoms with Crippen molar-refractivity contribution in [3.05, 3.63) is 86.6 Å². The van der Waals surface area contributed by atoms with E-state index >= 15 is 0 Å². The van der Waals surface area contributed by atoms with Crippen molar-refractivity contribution in [2.24, 2.45) is 5.92 Å². The standard InChI is InChI=1S/C25H17Cl5FN3O3/c1-11(35)32-13-3-5-14(6-4-13)33-23(36)19-15(26)7-9-18(22(19)28)34-24(37)21-20(25(21,29)30)12-2-8-17(31)16(27)10-12/h2-10,20-21H,1H3,(H,32,35)(H,33,36)(H,34,37)/t20-,21+/m0/s1. The van der Waals surface area contributed by atoms with Crippen molar-refractivity contribution in [1.29, 1.82) is 0 Å². The van der Waals surface area contributed by atoms with Crippen LogP contribution in [-0.2, 0) is 9.59 Å². The number of hydrogen-bond donors (Lipinski definition) is 3. The van der Waals surface area contributed by atoms with E-state index in [9.17, 15) is 18.8 Å². The Morgan fingerprint density at radius 3 is 2.05 bits per heavy atom. The second-order valence-corrected chi connectivity index (χ2v) is 10.9. The summed E-state index contributed by atoms with van der Waals surface area (Å²) in [7, 11) is 0. The zero-order chi connectivity index (χ0) is 27.1.